The Balaban J connectivity index is 1.05. The average Bonchev–Trinajstić information content (AvgIpc) is 3.85. The molecule has 266 valence electrons. The maximum atomic E-state index is 6.86. The smallest absolute Gasteiger partial charge is 0.143 e. The van der Waals surface area contributed by atoms with Crippen LogP contribution in [0, 0.1) is 0 Å². The standard InChI is InChI=1S/C54H33NO2/c1-3-12-38-30-41(27-24-34(38)10-1)55(42-28-25-35-11-2-4-13-39(35)31-42)49-17-9-19-52-53(49)48-33-46(43-14-5-6-16-45(43)54(48)57-52)37-22-20-36(21-23-37)40-26-29-51-47(32-40)44-15-7-8-18-50(44)56-51/h1-33H. The summed E-state index contributed by atoms with van der Waals surface area (Å²) >= 11 is 0. The SMILES string of the molecule is c1ccc2cc(N(c3ccc4ccccc4c3)c3cccc4oc5c6ccccc6c(-c6ccc(-c7ccc8oc9ccccc9c8c7)cc6)cc5c34)ccc2c1. The quantitative estimate of drug-likeness (QED) is 0.177. The third-order valence-corrected chi connectivity index (χ3v) is 11.6. The zero-order valence-electron chi connectivity index (χ0n) is 30.8. The molecular weight excluding hydrogens is 695 g/mol. The van der Waals surface area contributed by atoms with E-state index in [0.717, 1.165) is 88.4 Å². The summed E-state index contributed by atoms with van der Waals surface area (Å²) in [7, 11) is 0. The zero-order valence-corrected chi connectivity index (χ0v) is 30.8. The number of rotatable bonds is 5. The topological polar surface area (TPSA) is 29.5 Å². The lowest BCUT2D eigenvalue weighted by Gasteiger charge is -2.27. The normalized spacial score (nSPS) is 11.9. The van der Waals surface area contributed by atoms with Crippen molar-refractivity contribution >= 4 is 93.3 Å². The molecule has 3 heteroatoms. The molecule has 12 aromatic rings. The Morgan fingerprint density at radius 2 is 0.895 bits per heavy atom. The number of hydrogen-bond acceptors (Lipinski definition) is 3. The van der Waals surface area contributed by atoms with Crippen LogP contribution in [0.4, 0.5) is 17.1 Å². The molecule has 0 aliphatic heterocycles. The lowest BCUT2D eigenvalue weighted by Crippen LogP contribution is -2.10. The average molecular weight is 728 g/mol. The van der Waals surface area contributed by atoms with E-state index in [2.05, 4.69) is 193 Å². The highest BCUT2D eigenvalue weighted by Gasteiger charge is 2.22. The van der Waals surface area contributed by atoms with Crippen LogP contribution in [-0.2, 0) is 0 Å². The second kappa shape index (κ2) is 12.5. The Hall–Kier alpha value is -7.62. The highest BCUT2D eigenvalue weighted by molar-refractivity contribution is 6.22. The van der Waals surface area contributed by atoms with Crippen LogP contribution in [0.1, 0.15) is 0 Å². The third kappa shape index (κ3) is 5.06. The molecular formula is C54H33NO2. The van der Waals surface area contributed by atoms with Crippen LogP contribution < -0.4 is 4.90 Å². The number of anilines is 3. The van der Waals surface area contributed by atoms with Crippen molar-refractivity contribution < 1.29 is 8.83 Å². The van der Waals surface area contributed by atoms with E-state index in [1.807, 2.05) is 12.1 Å². The van der Waals surface area contributed by atoms with Gasteiger partial charge in [-0.25, -0.2) is 0 Å². The zero-order chi connectivity index (χ0) is 37.5. The molecule has 0 amide bonds. The van der Waals surface area contributed by atoms with Crippen LogP contribution in [0.25, 0.3) is 98.4 Å². The van der Waals surface area contributed by atoms with Gasteiger partial charge in [-0.1, -0.05) is 140 Å². The van der Waals surface area contributed by atoms with Crippen molar-refractivity contribution in [2.75, 3.05) is 4.90 Å². The number of fused-ring (bicyclic) bond motifs is 10. The van der Waals surface area contributed by atoms with E-state index < -0.39 is 0 Å². The van der Waals surface area contributed by atoms with E-state index in [1.165, 1.54) is 27.1 Å². The van der Waals surface area contributed by atoms with Crippen molar-refractivity contribution in [1.82, 2.24) is 0 Å². The van der Waals surface area contributed by atoms with E-state index in [0.29, 0.717) is 0 Å². The van der Waals surface area contributed by atoms with Crippen LogP contribution in [0.3, 0.4) is 0 Å². The lowest BCUT2D eigenvalue weighted by atomic mass is 9.93. The molecule has 0 unspecified atom stereocenters. The van der Waals surface area contributed by atoms with E-state index in [9.17, 15) is 0 Å². The molecule has 0 saturated carbocycles. The predicted molar refractivity (Wildman–Crippen MR) is 239 cm³/mol. The molecule has 2 heterocycles. The Morgan fingerprint density at radius 3 is 1.63 bits per heavy atom. The summed E-state index contributed by atoms with van der Waals surface area (Å²) in [6.07, 6.45) is 0. The molecule has 2 aromatic heterocycles. The molecule has 0 bridgehead atoms. The van der Waals surface area contributed by atoms with Crippen molar-refractivity contribution in [3.8, 4) is 22.3 Å². The summed E-state index contributed by atoms with van der Waals surface area (Å²) < 4.78 is 13.0. The summed E-state index contributed by atoms with van der Waals surface area (Å²) in [6, 6.07) is 71.7. The summed E-state index contributed by atoms with van der Waals surface area (Å²) in [6.45, 7) is 0. The van der Waals surface area contributed by atoms with Gasteiger partial charge in [0.2, 0.25) is 0 Å². The largest absolute Gasteiger partial charge is 0.456 e. The molecule has 10 aromatic carbocycles. The monoisotopic (exact) mass is 727 g/mol. The lowest BCUT2D eigenvalue weighted by molar-refractivity contribution is 0.669. The number of para-hydroxylation sites is 1. The molecule has 0 saturated heterocycles. The number of hydrogen-bond donors (Lipinski definition) is 0. The van der Waals surface area contributed by atoms with Crippen molar-refractivity contribution in [3.63, 3.8) is 0 Å². The predicted octanol–water partition coefficient (Wildman–Crippen LogP) is 15.7. The second-order valence-corrected chi connectivity index (χ2v) is 14.9. The molecule has 0 aliphatic rings. The maximum absolute atomic E-state index is 6.86. The van der Waals surface area contributed by atoms with Gasteiger partial charge in [-0.3, -0.25) is 0 Å². The molecule has 3 nitrogen and oxygen atoms in total. The first kappa shape index (κ1) is 31.7. The molecule has 0 atom stereocenters. The molecule has 12 rings (SSSR count). The summed E-state index contributed by atoms with van der Waals surface area (Å²) in [4.78, 5) is 2.39. The van der Waals surface area contributed by atoms with E-state index in [1.54, 1.807) is 0 Å². The first-order valence-electron chi connectivity index (χ1n) is 19.4. The van der Waals surface area contributed by atoms with Gasteiger partial charge in [0.15, 0.2) is 0 Å². The summed E-state index contributed by atoms with van der Waals surface area (Å²) in [5.74, 6) is 0. The van der Waals surface area contributed by atoms with Crippen LogP contribution in [0.5, 0.6) is 0 Å². The van der Waals surface area contributed by atoms with Crippen molar-refractivity contribution in [1.29, 1.82) is 0 Å². The fourth-order valence-corrected chi connectivity index (χ4v) is 8.86. The van der Waals surface area contributed by atoms with Gasteiger partial charge in [0.05, 0.1) is 11.1 Å². The van der Waals surface area contributed by atoms with Gasteiger partial charge in [-0.15, -0.1) is 0 Å². The van der Waals surface area contributed by atoms with Crippen molar-refractivity contribution in [2.45, 2.75) is 0 Å². The van der Waals surface area contributed by atoms with Gasteiger partial charge in [0.25, 0.3) is 0 Å². The van der Waals surface area contributed by atoms with E-state index >= 15 is 0 Å². The first-order valence-corrected chi connectivity index (χ1v) is 19.4. The summed E-state index contributed by atoms with van der Waals surface area (Å²) in [5.41, 5.74) is 11.4. The van der Waals surface area contributed by atoms with Crippen LogP contribution in [0.15, 0.2) is 209 Å². The van der Waals surface area contributed by atoms with Gasteiger partial charge in [0.1, 0.15) is 22.3 Å². The Labute approximate surface area is 328 Å². The third-order valence-electron chi connectivity index (χ3n) is 11.6. The van der Waals surface area contributed by atoms with E-state index in [-0.39, 0.29) is 0 Å². The fourth-order valence-electron chi connectivity index (χ4n) is 8.86. The Morgan fingerprint density at radius 1 is 0.316 bits per heavy atom. The highest BCUT2D eigenvalue weighted by atomic mass is 16.3. The minimum Gasteiger partial charge on any atom is -0.456 e. The van der Waals surface area contributed by atoms with Gasteiger partial charge in [-0.05, 0) is 110 Å². The van der Waals surface area contributed by atoms with Gasteiger partial charge >= 0.3 is 0 Å². The molecule has 0 radical (unpaired) electrons. The molecule has 0 N–H and O–H groups in total. The minimum atomic E-state index is 0.855. The van der Waals surface area contributed by atoms with Gasteiger partial charge in [-0.2, -0.15) is 0 Å². The first-order chi connectivity index (χ1) is 28.2. The van der Waals surface area contributed by atoms with Crippen molar-refractivity contribution in [2.24, 2.45) is 0 Å². The molecule has 0 spiro atoms. The van der Waals surface area contributed by atoms with E-state index in [4.69, 9.17) is 8.83 Å². The number of benzene rings is 10. The second-order valence-electron chi connectivity index (χ2n) is 14.9. The number of nitrogens with zero attached hydrogens (tertiary/aromatic N) is 1. The van der Waals surface area contributed by atoms with Crippen LogP contribution in [-0.4, -0.2) is 0 Å². The molecule has 0 aliphatic carbocycles. The molecule has 0 fully saturated rings. The maximum Gasteiger partial charge on any atom is 0.143 e. The highest BCUT2D eigenvalue weighted by Crippen LogP contribution is 2.47. The van der Waals surface area contributed by atoms with Gasteiger partial charge < -0.3 is 13.7 Å². The number of furan rings is 2. The Kier molecular flexibility index (Phi) is 6.93. The van der Waals surface area contributed by atoms with Gasteiger partial charge in [0, 0.05) is 32.9 Å². The van der Waals surface area contributed by atoms with Crippen LogP contribution >= 0.6 is 0 Å². The van der Waals surface area contributed by atoms with Crippen LogP contribution in [0.2, 0.25) is 0 Å². The van der Waals surface area contributed by atoms with Crippen molar-refractivity contribution in [3.05, 3.63) is 200 Å². The fraction of sp³-hybridized carbons (Fsp3) is 0. The molecule has 57 heavy (non-hydrogen) atoms. The Bertz CT molecular complexity index is 3460. The summed E-state index contributed by atoms with van der Waals surface area (Å²) in [5, 5.41) is 11.5. The minimum absolute atomic E-state index is 0.855.